The first-order valence-corrected chi connectivity index (χ1v) is 10.0. The molecule has 27 heavy (non-hydrogen) atoms. The number of cyclic esters (lactones) is 1. The minimum atomic E-state index is -0.278. The Balaban J connectivity index is 1.55. The average molecular weight is 376 g/mol. The predicted molar refractivity (Wildman–Crippen MR) is 101 cm³/mol. The van der Waals surface area contributed by atoms with E-state index < -0.39 is 0 Å². The molecule has 0 spiro atoms. The number of nitrogens with one attached hydrogen (secondary N) is 1. The van der Waals surface area contributed by atoms with E-state index in [4.69, 9.17) is 4.74 Å². The zero-order valence-electron chi connectivity index (χ0n) is 16.1. The van der Waals surface area contributed by atoms with Gasteiger partial charge in [0.15, 0.2) is 0 Å². The number of carbonyl (C=O) groups excluding carboxylic acids is 2. The first-order chi connectivity index (χ1) is 13.0. The van der Waals surface area contributed by atoms with Crippen molar-refractivity contribution in [2.45, 2.75) is 64.0 Å². The van der Waals surface area contributed by atoms with E-state index in [1.54, 1.807) is 17.0 Å². The van der Waals surface area contributed by atoms with Crippen LogP contribution in [0.5, 0.6) is 0 Å². The van der Waals surface area contributed by atoms with Gasteiger partial charge in [-0.1, -0.05) is 38.8 Å². The fourth-order valence-electron chi connectivity index (χ4n) is 3.96. The summed E-state index contributed by atoms with van der Waals surface area (Å²) in [6.45, 7) is 5.13. The van der Waals surface area contributed by atoms with Crippen LogP contribution in [0.4, 0.5) is 9.18 Å². The normalized spacial score (nSPS) is 20.7. The van der Waals surface area contributed by atoms with Gasteiger partial charge in [-0.15, -0.1) is 0 Å². The molecule has 2 atom stereocenters. The van der Waals surface area contributed by atoms with Gasteiger partial charge in [-0.3, -0.25) is 4.79 Å². The van der Waals surface area contributed by atoms with Crippen LogP contribution in [0, 0.1) is 11.7 Å². The lowest BCUT2D eigenvalue weighted by Crippen LogP contribution is -2.36. The molecule has 0 bridgehead atoms. The molecule has 2 unspecified atom stereocenters. The number of carbonyl (C=O) groups is 2. The van der Waals surface area contributed by atoms with Gasteiger partial charge in [-0.05, 0) is 42.4 Å². The minimum Gasteiger partial charge on any atom is -0.442 e. The van der Waals surface area contributed by atoms with Crippen molar-refractivity contribution in [3.8, 4) is 0 Å². The maximum atomic E-state index is 13.3. The first kappa shape index (κ1) is 19.6. The molecule has 3 rings (SSSR count). The number of amides is 2. The standard InChI is InChI=1S/C21H29FN2O3/c1-3-14(4-2)19(15-5-7-16(22)8-6-15)11-20(25)23-12-18-13-24(17-9-10-17)21(26)27-18/h5-8,14,17-19H,3-4,9-13H2,1-2H3,(H,23,25). The number of hydrogen-bond donors (Lipinski definition) is 1. The lowest BCUT2D eigenvalue weighted by molar-refractivity contribution is -0.122. The molecule has 0 aromatic heterocycles. The molecule has 2 fully saturated rings. The third kappa shape index (κ3) is 4.99. The Morgan fingerprint density at radius 1 is 1.26 bits per heavy atom. The van der Waals surface area contributed by atoms with Crippen molar-refractivity contribution in [2.24, 2.45) is 5.92 Å². The molecule has 1 N–H and O–H groups in total. The van der Waals surface area contributed by atoms with Crippen LogP contribution in [0.2, 0.25) is 0 Å². The molecule has 5 nitrogen and oxygen atoms in total. The Morgan fingerprint density at radius 2 is 1.93 bits per heavy atom. The van der Waals surface area contributed by atoms with E-state index in [1.807, 2.05) is 0 Å². The van der Waals surface area contributed by atoms with Gasteiger partial charge in [0, 0.05) is 12.5 Å². The molecule has 0 radical (unpaired) electrons. The second kappa shape index (κ2) is 8.72. The van der Waals surface area contributed by atoms with Crippen LogP contribution in [-0.2, 0) is 9.53 Å². The fraction of sp³-hybridized carbons (Fsp3) is 0.619. The van der Waals surface area contributed by atoms with E-state index in [1.165, 1.54) is 12.1 Å². The molecular weight excluding hydrogens is 347 g/mol. The van der Waals surface area contributed by atoms with Crippen LogP contribution in [0.25, 0.3) is 0 Å². The summed E-state index contributed by atoms with van der Waals surface area (Å²) < 4.78 is 18.6. The van der Waals surface area contributed by atoms with E-state index in [0.717, 1.165) is 31.2 Å². The number of benzene rings is 1. The van der Waals surface area contributed by atoms with Gasteiger partial charge in [-0.2, -0.15) is 0 Å². The van der Waals surface area contributed by atoms with Gasteiger partial charge < -0.3 is 15.0 Å². The van der Waals surface area contributed by atoms with Gasteiger partial charge in [0.25, 0.3) is 0 Å². The van der Waals surface area contributed by atoms with Crippen molar-refractivity contribution >= 4 is 12.0 Å². The number of halogens is 1. The SMILES string of the molecule is CCC(CC)C(CC(=O)NCC1CN(C2CC2)C(=O)O1)c1ccc(F)cc1. The molecule has 2 amide bonds. The summed E-state index contributed by atoms with van der Waals surface area (Å²) in [6.07, 6.45) is 3.82. The van der Waals surface area contributed by atoms with Crippen LogP contribution in [-0.4, -0.2) is 42.1 Å². The van der Waals surface area contributed by atoms with Crippen molar-refractivity contribution in [2.75, 3.05) is 13.1 Å². The monoisotopic (exact) mass is 376 g/mol. The third-order valence-electron chi connectivity index (χ3n) is 5.74. The van der Waals surface area contributed by atoms with Gasteiger partial charge in [0.2, 0.25) is 5.91 Å². The average Bonchev–Trinajstić information content (AvgIpc) is 3.43. The maximum absolute atomic E-state index is 13.3. The van der Waals surface area contributed by atoms with Gasteiger partial charge in [0.05, 0.1) is 13.1 Å². The molecule has 1 saturated carbocycles. The van der Waals surface area contributed by atoms with Crippen molar-refractivity contribution in [1.29, 1.82) is 0 Å². The molecule has 148 valence electrons. The van der Waals surface area contributed by atoms with Crippen LogP contribution in [0.15, 0.2) is 24.3 Å². The van der Waals surface area contributed by atoms with Crippen LogP contribution in [0.3, 0.4) is 0 Å². The zero-order chi connectivity index (χ0) is 19.4. The second-order valence-electron chi connectivity index (χ2n) is 7.63. The van der Waals surface area contributed by atoms with Gasteiger partial charge in [-0.25, -0.2) is 9.18 Å². The molecule has 1 aromatic rings. The largest absolute Gasteiger partial charge is 0.442 e. The Morgan fingerprint density at radius 3 is 2.52 bits per heavy atom. The number of rotatable bonds is 9. The summed E-state index contributed by atoms with van der Waals surface area (Å²) in [5.41, 5.74) is 0.993. The summed E-state index contributed by atoms with van der Waals surface area (Å²) >= 11 is 0. The zero-order valence-corrected chi connectivity index (χ0v) is 16.1. The number of hydrogen-bond acceptors (Lipinski definition) is 3. The van der Waals surface area contributed by atoms with E-state index in [9.17, 15) is 14.0 Å². The van der Waals surface area contributed by atoms with E-state index in [0.29, 0.717) is 31.5 Å². The summed E-state index contributed by atoms with van der Waals surface area (Å²) in [5, 5.41) is 2.92. The molecular formula is C21H29FN2O3. The predicted octanol–water partition coefficient (Wildman–Crippen LogP) is 3.84. The summed E-state index contributed by atoms with van der Waals surface area (Å²) in [7, 11) is 0. The topological polar surface area (TPSA) is 58.6 Å². The highest BCUT2D eigenvalue weighted by Gasteiger charge is 2.40. The van der Waals surface area contributed by atoms with Crippen LogP contribution in [0.1, 0.15) is 57.4 Å². The number of nitrogens with zero attached hydrogens (tertiary/aromatic N) is 1. The quantitative estimate of drug-likeness (QED) is 0.712. The summed E-state index contributed by atoms with van der Waals surface area (Å²) in [5.74, 6) is 0.0810. The van der Waals surface area contributed by atoms with Crippen molar-refractivity contribution in [3.05, 3.63) is 35.6 Å². The van der Waals surface area contributed by atoms with Gasteiger partial charge >= 0.3 is 6.09 Å². The highest BCUT2D eigenvalue weighted by atomic mass is 19.1. The molecule has 1 saturated heterocycles. The van der Waals surface area contributed by atoms with E-state index >= 15 is 0 Å². The lowest BCUT2D eigenvalue weighted by atomic mass is 9.80. The fourth-order valence-corrected chi connectivity index (χ4v) is 3.96. The summed E-state index contributed by atoms with van der Waals surface area (Å²) in [6, 6.07) is 6.78. The third-order valence-corrected chi connectivity index (χ3v) is 5.74. The molecule has 1 aromatic carbocycles. The smallest absolute Gasteiger partial charge is 0.410 e. The Labute approximate surface area is 160 Å². The Bertz CT molecular complexity index is 656. The molecule has 1 aliphatic heterocycles. The highest BCUT2D eigenvalue weighted by molar-refractivity contribution is 5.77. The maximum Gasteiger partial charge on any atom is 0.410 e. The van der Waals surface area contributed by atoms with Crippen molar-refractivity contribution < 1.29 is 18.7 Å². The Hall–Kier alpha value is -2.11. The number of ether oxygens (including phenoxy) is 1. The van der Waals surface area contributed by atoms with Crippen molar-refractivity contribution in [1.82, 2.24) is 10.2 Å². The molecule has 1 heterocycles. The first-order valence-electron chi connectivity index (χ1n) is 10.0. The molecule has 2 aliphatic rings. The highest BCUT2D eigenvalue weighted by Crippen LogP contribution is 2.33. The van der Waals surface area contributed by atoms with E-state index in [-0.39, 0.29) is 29.8 Å². The Kier molecular flexibility index (Phi) is 6.34. The van der Waals surface area contributed by atoms with E-state index in [2.05, 4.69) is 19.2 Å². The molecule has 6 heteroatoms. The van der Waals surface area contributed by atoms with Gasteiger partial charge in [0.1, 0.15) is 11.9 Å². The van der Waals surface area contributed by atoms with Crippen molar-refractivity contribution in [3.63, 3.8) is 0 Å². The second-order valence-corrected chi connectivity index (χ2v) is 7.63. The minimum absolute atomic E-state index is 0.0506. The molecule has 1 aliphatic carbocycles. The van der Waals surface area contributed by atoms with Crippen LogP contribution < -0.4 is 5.32 Å². The van der Waals surface area contributed by atoms with Crippen LogP contribution >= 0.6 is 0 Å². The lowest BCUT2D eigenvalue weighted by Gasteiger charge is -2.25. The summed E-state index contributed by atoms with van der Waals surface area (Å²) in [4.78, 5) is 26.2.